The quantitative estimate of drug-likeness (QED) is 0.388. The van der Waals surface area contributed by atoms with Gasteiger partial charge in [0.05, 0.1) is 0 Å². The monoisotopic (exact) mass is 461 g/mol. The number of benzene rings is 2. The molecular weight excluding hydrogens is 421 g/mol. The minimum Gasteiger partial charge on any atom is -0.388 e. The van der Waals surface area contributed by atoms with Gasteiger partial charge in [-0.15, -0.1) is 0 Å². The average molecular weight is 462 g/mol. The Hall–Kier alpha value is -2.59. The lowest BCUT2D eigenvalue weighted by atomic mass is 9.93. The van der Waals surface area contributed by atoms with Crippen LogP contribution < -0.4 is 5.32 Å². The fourth-order valence-electron chi connectivity index (χ4n) is 5.46. The van der Waals surface area contributed by atoms with Crippen LogP contribution in [0, 0.1) is 12.8 Å². The van der Waals surface area contributed by atoms with Crippen LogP contribution in [0.1, 0.15) is 55.5 Å². The zero-order chi connectivity index (χ0) is 24.3. The molecule has 1 saturated heterocycles. The summed E-state index contributed by atoms with van der Waals surface area (Å²) in [6, 6.07) is 17.6. The SMILES string of the molecule is C=C(NC)c1ccc(Cc2c(C)n(CCC3CCN(CC(C)(C)F)CC3)c3ccccc23)cc1. The molecule has 3 nitrogen and oxygen atoms in total. The van der Waals surface area contributed by atoms with Crippen LogP contribution in [0.15, 0.2) is 55.1 Å². The summed E-state index contributed by atoms with van der Waals surface area (Å²) in [6.45, 7) is 13.3. The highest BCUT2D eigenvalue weighted by Gasteiger charge is 2.25. The van der Waals surface area contributed by atoms with Crippen molar-refractivity contribution in [3.05, 3.63) is 77.5 Å². The van der Waals surface area contributed by atoms with Crippen LogP contribution in [0.3, 0.4) is 0 Å². The number of halogens is 1. The van der Waals surface area contributed by atoms with Crippen LogP contribution in [0.2, 0.25) is 0 Å². The van der Waals surface area contributed by atoms with Gasteiger partial charge in [0.25, 0.3) is 0 Å². The maximum Gasteiger partial charge on any atom is 0.118 e. The Bertz CT molecular complexity index is 1110. The second-order valence-corrected chi connectivity index (χ2v) is 10.6. The molecule has 3 aromatic rings. The van der Waals surface area contributed by atoms with E-state index < -0.39 is 5.67 Å². The van der Waals surface area contributed by atoms with Crippen LogP contribution in [0.25, 0.3) is 16.6 Å². The Morgan fingerprint density at radius 2 is 1.76 bits per heavy atom. The molecule has 1 N–H and O–H groups in total. The van der Waals surface area contributed by atoms with Crippen LogP contribution in [-0.4, -0.2) is 41.8 Å². The van der Waals surface area contributed by atoms with E-state index in [4.69, 9.17) is 0 Å². The van der Waals surface area contributed by atoms with Crippen molar-refractivity contribution in [2.45, 2.75) is 58.7 Å². The van der Waals surface area contributed by atoms with Gasteiger partial charge in [0.15, 0.2) is 0 Å². The molecule has 0 radical (unpaired) electrons. The number of hydrogen-bond acceptors (Lipinski definition) is 2. The number of nitrogens with one attached hydrogen (secondary N) is 1. The highest BCUT2D eigenvalue weighted by molar-refractivity contribution is 5.86. The first kappa shape index (κ1) is 24.5. The summed E-state index contributed by atoms with van der Waals surface area (Å²) in [6.07, 6.45) is 4.46. The van der Waals surface area contributed by atoms with Crippen molar-refractivity contribution in [3.63, 3.8) is 0 Å². The molecule has 4 rings (SSSR count). The van der Waals surface area contributed by atoms with Crippen LogP contribution >= 0.6 is 0 Å². The second kappa shape index (κ2) is 10.4. The van der Waals surface area contributed by atoms with Gasteiger partial charge in [-0.25, -0.2) is 4.39 Å². The molecule has 34 heavy (non-hydrogen) atoms. The number of fused-ring (bicyclic) bond motifs is 1. The molecule has 0 amide bonds. The summed E-state index contributed by atoms with van der Waals surface area (Å²) in [4.78, 5) is 2.29. The molecule has 1 aromatic heterocycles. The second-order valence-electron chi connectivity index (χ2n) is 10.6. The number of rotatable bonds is 9. The molecule has 182 valence electrons. The summed E-state index contributed by atoms with van der Waals surface area (Å²) < 4.78 is 16.5. The maximum atomic E-state index is 14.0. The maximum absolute atomic E-state index is 14.0. The molecule has 1 aliphatic rings. The smallest absolute Gasteiger partial charge is 0.118 e. The van der Waals surface area contributed by atoms with Crippen molar-refractivity contribution in [2.24, 2.45) is 5.92 Å². The first-order valence-electron chi connectivity index (χ1n) is 12.7. The van der Waals surface area contributed by atoms with E-state index in [1.165, 1.54) is 47.0 Å². The third-order valence-corrected chi connectivity index (χ3v) is 7.41. The number of hydrogen-bond donors (Lipinski definition) is 1. The fraction of sp³-hybridized carbons (Fsp3) is 0.467. The Labute approximate surface area is 204 Å². The van der Waals surface area contributed by atoms with E-state index in [1.807, 2.05) is 7.05 Å². The fourth-order valence-corrected chi connectivity index (χ4v) is 5.46. The third-order valence-electron chi connectivity index (χ3n) is 7.41. The number of alkyl halides is 1. The number of piperidine rings is 1. The molecule has 2 heterocycles. The minimum atomic E-state index is -1.11. The lowest BCUT2D eigenvalue weighted by Crippen LogP contribution is -2.41. The Morgan fingerprint density at radius 1 is 1.09 bits per heavy atom. The van der Waals surface area contributed by atoms with E-state index in [2.05, 4.69) is 76.8 Å². The van der Waals surface area contributed by atoms with Crippen molar-refractivity contribution in [1.29, 1.82) is 0 Å². The summed E-state index contributed by atoms with van der Waals surface area (Å²) >= 11 is 0. The topological polar surface area (TPSA) is 20.2 Å². The molecule has 4 heteroatoms. The Morgan fingerprint density at radius 3 is 2.41 bits per heavy atom. The summed E-state index contributed by atoms with van der Waals surface area (Å²) in [7, 11) is 1.91. The molecular formula is C30H40FN3. The van der Waals surface area contributed by atoms with E-state index >= 15 is 0 Å². The Kier molecular flexibility index (Phi) is 7.47. The highest BCUT2D eigenvalue weighted by Crippen LogP contribution is 2.30. The standard InChI is InChI=1S/C30H40FN3/c1-22(32-5)26-12-10-25(11-13-26)20-28-23(2)34(29-9-7-6-8-27(28)29)19-16-24-14-17-33(18-15-24)21-30(3,4)31/h6-13,24,32H,1,14-21H2,2-5H3. The molecule has 0 saturated carbocycles. The van der Waals surface area contributed by atoms with Crippen molar-refractivity contribution < 1.29 is 4.39 Å². The van der Waals surface area contributed by atoms with Gasteiger partial charge in [-0.05, 0) is 88.2 Å². The van der Waals surface area contributed by atoms with Gasteiger partial charge in [-0.2, -0.15) is 0 Å². The van der Waals surface area contributed by atoms with Gasteiger partial charge in [-0.3, -0.25) is 0 Å². The zero-order valence-electron chi connectivity index (χ0n) is 21.3. The molecule has 0 bridgehead atoms. The molecule has 0 unspecified atom stereocenters. The van der Waals surface area contributed by atoms with Gasteiger partial charge >= 0.3 is 0 Å². The number of aromatic nitrogens is 1. The van der Waals surface area contributed by atoms with Crippen LogP contribution in [0.5, 0.6) is 0 Å². The normalized spacial score (nSPS) is 15.7. The van der Waals surface area contributed by atoms with Crippen molar-refractivity contribution >= 4 is 16.6 Å². The molecule has 1 fully saturated rings. The molecule has 1 aliphatic heterocycles. The average Bonchev–Trinajstić information content (AvgIpc) is 3.08. The zero-order valence-corrected chi connectivity index (χ0v) is 21.3. The van der Waals surface area contributed by atoms with Gasteiger partial charge in [0.1, 0.15) is 5.67 Å². The predicted octanol–water partition coefficient (Wildman–Crippen LogP) is 6.58. The number of aryl methyl sites for hydroxylation is 1. The lowest BCUT2D eigenvalue weighted by molar-refractivity contribution is 0.0934. The van der Waals surface area contributed by atoms with Crippen LogP contribution in [-0.2, 0) is 13.0 Å². The first-order chi connectivity index (χ1) is 16.2. The first-order valence-corrected chi connectivity index (χ1v) is 12.7. The molecule has 0 atom stereocenters. The summed E-state index contributed by atoms with van der Waals surface area (Å²) in [5, 5.41) is 4.49. The van der Waals surface area contributed by atoms with Crippen molar-refractivity contribution in [2.75, 3.05) is 26.7 Å². The van der Waals surface area contributed by atoms with Crippen molar-refractivity contribution in [1.82, 2.24) is 14.8 Å². The van der Waals surface area contributed by atoms with Gasteiger partial charge in [0, 0.05) is 42.4 Å². The third kappa shape index (κ3) is 5.72. The minimum absolute atomic E-state index is 0.550. The number of nitrogens with zero attached hydrogens (tertiary/aromatic N) is 2. The van der Waals surface area contributed by atoms with E-state index in [0.717, 1.165) is 43.2 Å². The van der Waals surface area contributed by atoms with E-state index in [9.17, 15) is 4.39 Å². The number of para-hydroxylation sites is 1. The molecule has 2 aromatic carbocycles. The van der Waals surface area contributed by atoms with E-state index in [1.54, 1.807) is 13.8 Å². The van der Waals surface area contributed by atoms with Gasteiger partial charge in [-0.1, -0.05) is 49.0 Å². The van der Waals surface area contributed by atoms with E-state index in [-0.39, 0.29) is 0 Å². The largest absolute Gasteiger partial charge is 0.388 e. The van der Waals surface area contributed by atoms with Gasteiger partial charge in [0.2, 0.25) is 0 Å². The van der Waals surface area contributed by atoms with Gasteiger partial charge < -0.3 is 14.8 Å². The van der Waals surface area contributed by atoms with E-state index in [0.29, 0.717) is 6.54 Å². The summed E-state index contributed by atoms with van der Waals surface area (Å²) in [5.41, 5.74) is 6.43. The molecule has 0 aliphatic carbocycles. The molecule has 0 spiro atoms. The predicted molar refractivity (Wildman–Crippen MR) is 143 cm³/mol. The summed E-state index contributed by atoms with van der Waals surface area (Å²) in [5.74, 6) is 0.718. The van der Waals surface area contributed by atoms with Crippen molar-refractivity contribution in [3.8, 4) is 0 Å². The van der Waals surface area contributed by atoms with Crippen LogP contribution in [0.4, 0.5) is 4.39 Å². The highest BCUT2D eigenvalue weighted by atomic mass is 19.1. The Balaban J connectivity index is 1.46. The lowest BCUT2D eigenvalue weighted by Gasteiger charge is -2.34. The number of likely N-dealkylation sites (tertiary alicyclic amines) is 1.